The van der Waals surface area contributed by atoms with Gasteiger partial charge in [-0.05, 0) is 0 Å². The van der Waals surface area contributed by atoms with Crippen LogP contribution in [0.25, 0.3) is 0 Å². The minimum atomic E-state index is -1.97. The molecule has 7 nitrogen and oxygen atoms in total. The fourth-order valence-electron chi connectivity index (χ4n) is 0.914. The zero-order chi connectivity index (χ0) is 12.9. The van der Waals surface area contributed by atoms with Crippen molar-refractivity contribution in [1.82, 2.24) is 0 Å². The van der Waals surface area contributed by atoms with Crippen molar-refractivity contribution < 1.29 is 30.0 Å². The van der Waals surface area contributed by atoms with Gasteiger partial charge in [0.2, 0.25) is 0 Å². The van der Waals surface area contributed by atoms with E-state index in [2.05, 4.69) is 6.58 Å². The van der Waals surface area contributed by atoms with Gasteiger partial charge in [0.15, 0.2) is 11.6 Å². The Morgan fingerprint density at radius 1 is 1.25 bits per heavy atom. The molecule has 0 aromatic carbocycles. The van der Waals surface area contributed by atoms with Crippen LogP contribution in [0, 0.1) is 0 Å². The highest BCUT2D eigenvalue weighted by Gasteiger charge is 2.34. The third-order valence-electron chi connectivity index (χ3n) is 1.97. The number of aliphatic hydroxyl groups is 4. The lowest BCUT2D eigenvalue weighted by molar-refractivity contribution is -0.141. The Kier molecular flexibility index (Phi) is 6.01. The normalized spacial score (nSPS) is 18.3. The molecule has 0 spiro atoms. The quantitative estimate of drug-likeness (QED) is 0.229. The van der Waals surface area contributed by atoms with Gasteiger partial charge in [0.1, 0.15) is 24.4 Å². The molecule has 0 heterocycles. The summed E-state index contributed by atoms with van der Waals surface area (Å²) in [6.07, 6.45) is -4.42. The number of carbonyl (C=O) groups excluding carboxylic acids is 2. The third-order valence-corrected chi connectivity index (χ3v) is 1.97. The molecule has 0 aromatic rings. The van der Waals surface area contributed by atoms with Crippen molar-refractivity contribution in [2.45, 2.75) is 24.4 Å². The van der Waals surface area contributed by atoms with Gasteiger partial charge >= 0.3 is 0 Å². The number of hydrogen-bond acceptors (Lipinski definition) is 7. The summed E-state index contributed by atoms with van der Waals surface area (Å²) in [5.41, 5.74) is 5.17. The molecular weight excluding hydrogens is 218 g/mol. The number of rotatable bonds is 7. The molecule has 92 valence electrons. The molecule has 0 saturated heterocycles. The second-order valence-electron chi connectivity index (χ2n) is 3.16. The number of Topliss-reactive ketones (excluding diaryl/α,β-unsaturated/α-hetero) is 2. The van der Waals surface area contributed by atoms with E-state index in [1.807, 2.05) is 0 Å². The van der Waals surface area contributed by atoms with Crippen LogP contribution in [0.4, 0.5) is 0 Å². The maximum Gasteiger partial charge on any atom is 0.189 e. The van der Waals surface area contributed by atoms with Crippen molar-refractivity contribution in [2.75, 3.05) is 6.61 Å². The summed E-state index contributed by atoms with van der Waals surface area (Å²) >= 11 is 0. The standard InChI is InChI=1S/C9H15NO6/c1-2-4(12)7(14)6(10)9(16)8(15)5(13)3-11/h2,4-6,8,11-13,15H,1,3,10H2/t4?,5-,6+,8+/m1/s1. The molecule has 6 N–H and O–H groups in total. The van der Waals surface area contributed by atoms with E-state index in [0.717, 1.165) is 6.08 Å². The molecular formula is C9H15NO6. The predicted molar refractivity (Wildman–Crippen MR) is 53.3 cm³/mol. The molecule has 0 aliphatic heterocycles. The third kappa shape index (κ3) is 3.47. The van der Waals surface area contributed by atoms with E-state index < -0.39 is 42.5 Å². The molecule has 0 radical (unpaired) electrons. The van der Waals surface area contributed by atoms with Crippen LogP contribution < -0.4 is 5.73 Å². The summed E-state index contributed by atoms with van der Waals surface area (Å²) in [4.78, 5) is 22.5. The zero-order valence-electron chi connectivity index (χ0n) is 8.48. The minimum absolute atomic E-state index is 0.849. The Labute approximate surface area is 91.8 Å². The van der Waals surface area contributed by atoms with Crippen molar-refractivity contribution in [3.8, 4) is 0 Å². The smallest absolute Gasteiger partial charge is 0.189 e. The van der Waals surface area contributed by atoms with Gasteiger partial charge in [-0.25, -0.2) is 0 Å². The Balaban J connectivity index is 4.61. The Bertz CT molecular complexity index is 279. The highest BCUT2D eigenvalue weighted by atomic mass is 16.4. The lowest BCUT2D eigenvalue weighted by atomic mass is 9.98. The van der Waals surface area contributed by atoms with Crippen molar-refractivity contribution in [3.63, 3.8) is 0 Å². The summed E-state index contributed by atoms with van der Waals surface area (Å²) < 4.78 is 0. The summed E-state index contributed by atoms with van der Waals surface area (Å²) in [6.45, 7) is 2.28. The van der Waals surface area contributed by atoms with E-state index in [-0.39, 0.29) is 0 Å². The first-order valence-corrected chi connectivity index (χ1v) is 4.47. The predicted octanol–water partition coefficient (Wildman–Crippen LogP) is -3.29. The molecule has 0 fully saturated rings. The fraction of sp³-hybridized carbons (Fsp3) is 0.556. The topological polar surface area (TPSA) is 141 Å². The van der Waals surface area contributed by atoms with Gasteiger partial charge in [-0.1, -0.05) is 6.08 Å². The van der Waals surface area contributed by atoms with E-state index in [4.69, 9.17) is 26.2 Å². The molecule has 0 saturated carbocycles. The van der Waals surface area contributed by atoms with E-state index in [9.17, 15) is 9.59 Å². The highest BCUT2D eigenvalue weighted by molar-refractivity contribution is 6.10. The first-order valence-electron chi connectivity index (χ1n) is 4.47. The number of ketones is 2. The van der Waals surface area contributed by atoms with Gasteiger partial charge in [0.25, 0.3) is 0 Å². The molecule has 1 unspecified atom stereocenters. The summed E-state index contributed by atoms with van der Waals surface area (Å²) in [5.74, 6) is -2.21. The van der Waals surface area contributed by atoms with Crippen LogP contribution in [0.15, 0.2) is 12.7 Å². The largest absolute Gasteiger partial charge is 0.394 e. The van der Waals surface area contributed by atoms with Crippen LogP contribution in [-0.2, 0) is 9.59 Å². The van der Waals surface area contributed by atoms with E-state index in [1.54, 1.807) is 0 Å². The van der Waals surface area contributed by atoms with E-state index in [0.29, 0.717) is 0 Å². The molecule has 16 heavy (non-hydrogen) atoms. The van der Waals surface area contributed by atoms with Crippen molar-refractivity contribution in [3.05, 3.63) is 12.7 Å². The maximum atomic E-state index is 11.3. The number of carbonyl (C=O) groups is 2. The zero-order valence-corrected chi connectivity index (χ0v) is 8.48. The fourth-order valence-corrected chi connectivity index (χ4v) is 0.914. The van der Waals surface area contributed by atoms with Crippen molar-refractivity contribution in [2.24, 2.45) is 5.73 Å². The second kappa shape index (κ2) is 6.46. The summed E-state index contributed by atoms with van der Waals surface area (Å²) in [6, 6.07) is -1.77. The first-order chi connectivity index (χ1) is 7.36. The second-order valence-corrected chi connectivity index (χ2v) is 3.16. The average molecular weight is 233 g/mol. The molecule has 0 rings (SSSR count). The van der Waals surface area contributed by atoms with Gasteiger partial charge in [0, 0.05) is 0 Å². The number of nitrogens with two attached hydrogens (primary N) is 1. The number of aliphatic hydroxyl groups excluding tert-OH is 4. The Morgan fingerprint density at radius 3 is 2.12 bits per heavy atom. The van der Waals surface area contributed by atoms with Crippen molar-refractivity contribution in [1.29, 1.82) is 0 Å². The van der Waals surface area contributed by atoms with Crippen LogP contribution in [0.2, 0.25) is 0 Å². The van der Waals surface area contributed by atoms with E-state index in [1.165, 1.54) is 0 Å². The first kappa shape index (κ1) is 14.9. The average Bonchev–Trinajstić information content (AvgIpc) is 2.32. The number of hydrogen-bond donors (Lipinski definition) is 5. The minimum Gasteiger partial charge on any atom is -0.394 e. The molecule has 4 atom stereocenters. The highest BCUT2D eigenvalue weighted by Crippen LogP contribution is 2.01. The van der Waals surface area contributed by atoms with Gasteiger partial charge in [-0.3, -0.25) is 9.59 Å². The molecule has 0 aliphatic carbocycles. The van der Waals surface area contributed by atoms with Crippen LogP contribution in [0.1, 0.15) is 0 Å². The molecule has 0 amide bonds. The van der Waals surface area contributed by atoms with Crippen LogP contribution >= 0.6 is 0 Å². The lowest BCUT2D eigenvalue weighted by Crippen LogP contribution is -2.51. The molecule has 0 aromatic heterocycles. The SMILES string of the molecule is C=CC(O)C(=O)[C@H](N)C(=O)[C@@H](O)[C@H](O)CO. The van der Waals surface area contributed by atoms with Crippen LogP contribution in [0.5, 0.6) is 0 Å². The Morgan fingerprint density at radius 2 is 1.75 bits per heavy atom. The summed E-state index contributed by atoms with van der Waals surface area (Å²) in [7, 11) is 0. The van der Waals surface area contributed by atoms with Gasteiger partial charge in [-0.15, -0.1) is 6.58 Å². The van der Waals surface area contributed by atoms with Crippen LogP contribution in [0.3, 0.4) is 0 Å². The Hall–Kier alpha value is -1.12. The van der Waals surface area contributed by atoms with Gasteiger partial charge in [-0.2, -0.15) is 0 Å². The maximum absolute atomic E-state index is 11.3. The summed E-state index contributed by atoms with van der Waals surface area (Å²) in [5, 5.41) is 35.6. The van der Waals surface area contributed by atoms with E-state index >= 15 is 0 Å². The van der Waals surface area contributed by atoms with Gasteiger partial charge < -0.3 is 26.2 Å². The monoisotopic (exact) mass is 233 g/mol. The lowest BCUT2D eigenvalue weighted by Gasteiger charge is -2.18. The van der Waals surface area contributed by atoms with Crippen molar-refractivity contribution >= 4 is 11.6 Å². The molecule has 0 aliphatic rings. The van der Waals surface area contributed by atoms with Gasteiger partial charge in [0.05, 0.1) is 6.61 Å². The molecule has 0 bridgehead atoms. The molecule has 7 heteroatoms. The van der Waals surface area contributed by atoms with Crippen LogP contribution in [-0.4, -0.2) is 63.0 Å².